The van der Waals surface area contributed by atoms with Crippen molar-refractivity contribution in [1.29, 1.82) is 0 Å². The van der Waals surface area contributed by atoms with Crippen LogP contribution in [0.15, 0.2) is 46.6 Å². The van der Waals surface area contributed by atoms with Crippen molar-refractivity contribution in [3.05, 3.63) is 46.6 Å². The van der Waals surface area contributed by atoms with Crippen molar-refractivity contribution in [1.82, 2.24) is 0 Å². The van der Waals surface area contributed by atoms with Gasteiger partial charge < -0.3 is 0 Å². The van der Waals surface area contributed by atoms with Gasteiger partial charge in [-0.1, -0.05) is 0 Å². The first-order valence-corrected chi connectivity index (χ1v) is 13.7. The summed E-state index contributed by atoms with van der Waals surface area (Å²) < 4.78 is 12.0. The van der Waals surface area contributed by atoms with Crippen molar-refractivity contribution in [3.8, 4) is 0 Å². The van der Waals surface area contributed by atoms with E-state index in [9.17, 15) is 9.59 Å². The van der Waals surface area contributed by atoms with Crippen molar-refractivity contribution < 1.29 is 33.6 Å². The van der Waals surface area contributed by atoms with Crippen LogP contribution in [-0.4, -0.2) is 11.9 Å². The zero-order valence-electron chi connectivity index (χ0n) is 16.8. The van der Waals surface area contributed by atoms with Gasteiger partial charge in [-0.05, 0) is 0 Å². The Kier molecular flexibility index (Phi) is 5.97. The molecule has 0 amide bonds. The standard InChI is InChI=1S/C13H17.2C4H6O2.CH3.Ti/c1-3-7-12-10(5-1)9-11-6-2-4-8-13(11)12;2*1-3(2)4(5)6;;/h9H,1-8H2;2*1H2,2H3,(H,5,6);1H3;/q;;;;+2/p-2. The molecule has 0 aromatic rings. The zero-order valence-corrected chi connectivity index (χ0v) is 18.3. The van der Waals surface area contributed by atoms with Gasteiger partial charge in [0, 0.05) is 0 Å². The van der Waals surface area contributed by atoms with Crippen molar-refractivity contribution in [2.24, 2.45) is 0 Å². The van der Waals surface area contributed by atoms with Gasteiger partial charge in [0.05, 0.1) is 0 Å². The van der Waals surface area contributed by atoms with Crippen molar-refractivity contribution in [3.63, 3.8) is 0 Å². The van der Waals surface area contributed by atoms with Gasteiger partial charge in [0.1, 0.15) is 0 Å². The van der Waals surface area contributed by atoms with Crippen LogP contribution in [0.2, 0.25) is 9.45 Å². The van der Waals surface area contributed by atoms with Gasteiger partial charge in [0.25, 0.3) is 0 Å². The summed E-state index contributed by atoms with van der Waals surface area (Å²) in [7, 11) is 0. The summed E-state index contributed by atoms with van der Waals surface area (Å²) in [6.07, 6.45) is 8.96. The Balaban J connectivity index is 2.06. The number of hydrogen-bond donors (Lipinski definition) is 0. The number of carbonyl (C=O) groups is 2. The second-order valence-corrected chi connectivity index (χ2v) is 12.9. The maximum atomic E-state index is 12.5. The molecular formula is C22H30O4Ti. The third kappa shape index (κ3) is 3.93. The van der Waals surface area contributed by atoms with E-state index in [4.69, 9.17) is 6.64 Å². The van der Waals surface area contributed by atoms with Crippen molar-refractivity contribution >= 4 is 11.9 Å². The van der Waals surface area contributed by atoms with E-state index < -0.39 is 29.3 Å². The molecule has 3 rings (SSSR count). The van der Waals surface area contributed by atoms with Crippen LogP contribution in [0, 0.1) is 0 Å². The summed E-state index contributed by atoms with van der Waals surface area (Å²) in [5.41, 5.74) is 6.42. The van der Waals surface area contributed by atoms with Crippen LogP contribution in [0.5, 0.6) is 0 Å². The van der Waals surface area contributed by atoms with Gasteiger partial charge in [-0.15, -0.1) is 0 Å². The van der Waals surface area contributed by atoms with Crippen LogP contribution in [0.3, 0.4) is 0 Å². The normalized spacial score (nSPS) is 20.1. The Morgan fingerprint density at radius 2 is 1.19 bits per heavy atom. The molecule has 0 bridgehead atoms. The number of hydrogen-bond acceptors (Lipinski definition) is 4. The molecule has 0 aromatic carbocycles. The molecule has 0 spiro atoms. The molecule has 0 unspecified atom stereocenters. The fourth-order valence-electron chi connectivity index (χ4n) is 4.71. The molecule has 0 radical (unpaired) electrons. The molecule has 5 heteroatoms. The van der Waals surface area contributed by atoms with Crippen LogP contribution >= 0.6 is 0 Å². The molecular weight excluding hydrogens is 376 g/mol. The third-order valence-corrected chi connectivity index (χ3v) is 10.5. The fourth-order valence-corrected chi connectivity index (χ4v) is 9.81. The van der Waals surface area contributed by atoms with Crippen LogP contribution in [0.25, 0.3) is 0 Å². The molecule has 0 atom stereocenters. The van der Waals surface area contributed by atoms with Gasteiger partial charge >= 0.3 is 167 Å². The van der Waals surface area contributed by atoms with Gasteiger partial charge in [0.15, 0.2) is 0 Å². The molecule has 0 saturated heterocycles. The minimum atomic E-state index is -3.87. The summed E-state index contributed by atoms with van der Waals surface area (Å²) in [6, 6.07) is 0. The van der Waals surface area contributed by atoms with E-state index in [1.165, 1.54) is 35.1 Å². The molecule has 0 N–H and O–H groups in total. The molecule has 0 fully saturated rings. The van der Waals surface area contributed by atoms with E-state index in [1.807, 2.05) is 5.23 Å². The third-order valence-electron chi connectivity index (χ3n) is 5.89. The van der Waals surface area contributed by atoms with Gasteiger partial charge in [-0.2, -0.15) is 0 Å². The first kappa shape index (κ1) is 20.4. The molecule has 27 heavy (non-hydrogen) atoms. The number of allylic oxidation sites excluding steroid dienone is 4. The van der Waals surface area contributed by atoms with Crippen molar-refractivity contribution in [2.75, 3.05) is 0 Å². The predicted octanol–water partition coefficient (Wildman–Crippen LogP) is 5.80. The molecule has 0 aromatic heterocycles. The Morgan fingerprint density at radius 3 is 1.56 bits per heavy atom. The number of rotatable bonds is 5. The summed E-state index contributed by atoms with van der Waals surface area (Å²) in [5.74, 6) is -0.898. The van der Waals surface area contributed by atoms with E-state index in [2.05, 4.69) is 13.2 Å². The fraction of sp³-hybridized carbons (Fsp3) is 0.545. The second-order valence-electron chi connectivity index (χ2n) is 8.21. The molecule has 4 nitrogen and oxygen atoms in total. The van der Waals surface area contributed by atoms with E-state index >= 15 is 0 Å². The Bertz CT molecular complexity index is 711. The van der Waals surface area contributed by atoms with E-state index in [1.54, 1.807) is 13.8 Å². The summed E-state index contributed by atoms with van der Waals surface area (Å²) in [5, 5.41) is 1.91. The molecule has 146 valence electrons. The average Bonchev–Trinajstić information content (AvgIpc) is 2.96. The second kappa shape index (κ2) is 7.93. The summed E-state index contributed by atoms with van der Waals surface area (Å²) >= 11 is -3.87. The quantitative estimate of drug-likeness (QED) is 0.428. The molecule has 3 aliphatic carbocycles. The van der Waals surface area contributed by atoms with E-state index in [-0.39, 0.29) is 4.22 Å². The minimum absolute atomic E-state index is 0.00204. The topological polar surface area (TPSA) is 52.6 Å². The molecule has 3 aliphatic rings. The van der Waals surface area contributed by atoms with E-state index in [0.29, 0.717) is 11.1 Å². The Morgan fingerprint density at radius 1 is 0.815 bits per heavy atom. The number of carbonyl (C=O) groups excluding carboxylic acids is 2. The maximum absolute atomic E-state index is 12.5. The van der Waals surface area contributed by atoms with Crippen molar-refractivity contribution in [2.45, 2.75) is 74.7 Å². The van der Waals surface area contributed by atoms with Crippen LogP contribution in [0.4, 0.5) is 0 Å². The molecule has 0 heterocycles. The Labute approximate surface area is 166 Å². The van der Waals surface area contributed by atoms with Gasteiger partial charge in [-0.3, -0.25) is 0 Å². The first-order valence-electron chi connectivity index (χ1n) is 9.96. The van der Waals surface area contributed by atoms with Crippen LogP contribution in [-0.2, 0) is 33.6 Å². The van der Waals surface area contributed by atoms with Crippen LogP contribution in [0.1, 0.15) is 65.2 Å². The predicted molar refractivity (Wildman–Crippen MR) is 102 cm³/mol. The first-order chi connectivity index (χ1) is 12.7. The SMILES string of the molecule is C=C(C)C(=O)[O][Ti]([CH3])([O]C(=O)C(=C)C)[CH]1C2=C(CCCC2)C2=C1CCCC2. The van der Waals surface area contributed by atoms with Gasteiger partial charge in [-0.25, -0.2) is 0 Å². The zero-order chi connectivity index (χ0) is 19.8. The molecule has 0 aliphatic heterocycles. The number of fused-ring (bicyclic) bond motifs is 1. The van der Waals surface area contributed by atoms with E-state index in [0.717, 1.165) is 38.5 Å². The average molecular weight is 406 g/mol. The van der Waals surface area contributed by atoms with Crippen LogP contribution < -0.4 is 0 Å². The monoisotopic (exact) mass is 406 g/mol. The molecule has 0 saturated carbocycles. The summed E-state index contributed by atoms with van der Waals surface area (Å²) in [6.45, 7) is 10.7. The summed E-state index contributed by atoms with van der Waals surface area (Å²) in [4.78, 5) is 24.9. The Hall–Kier alpha value is -1.39. The van der Waals surface area contributed by atoms with Gasteiger partial charge in [0.2, 0.25) is 0 Å².